The first kappa shape index (κ1) is 16.1. The maximum atomic E-state index is 13.5. The minimum Gasteiger partial charge on any atom is -0.421 e. The molecule has 0 spiro atoms. The molecule has 0 bridgehead atoms. The second-order valence-corrected chi connectivity index (χ2v) is 6.68. The van der Waals surface area contributed by atoms with Crippen molar-refractivity contribution in [3.8, 4) is 11.5 Å². The first-order valence-corrected chi connectivity index (χ1v) is 7.68. The summed E-state index contributed by atoms with van der Waals surface area (Å²) in [6.07, 6.45) is 1.60. The van der Waals surface area contributed by atoms with E-state index >= 15 is 0 Å². The largest absolute Gasteiger partial charge is 0.421 e. The third-order valence-electron chi connectivity index (χ3n) is 2.87. The molecule has 1 aromatic heterocycles. The van der Waals surface area contributed by atoms with Crippen LogP contribution in [0.15, 0.2) is 27.1 Å². The Labute approximate surface area is 132 Å². The van der Waals surface area contributed by atoms with Gasteiger partial charge in [0.25, 0.3) is 0 Å². The Bertz CT molecular complexity index is 607. The number of nitrogens with one attached hydrogen (secondary N) is 1. The van der Waals surface area contributed by atoms with Gasteiger partial charge in [0.2, 0.25) is 11.8 Å². The molecule has 21 heavy (non-hydrogen) atoms. The van der Waals surface area contributed by atoms with E-state index in [0.29, 0.717) is 28.2 Å². The van der Waals surface area contributed by atoms with E-state index in [0.717, 1.165) is 13.0 Å². The van der Waals surface area contributed by atoms with Crippen molar-refractivity contribution in [1.29, 1.82) is 0 Å². The van der Waals surface area contributed by atoms with Gasteiger partial charge in [-0.05, 0) is 61.8 Å². The predicted octanol–water partition coefficient (Wildman–Crippen LogP) is 3.96. The fraction of sp³-hybridized carbons (Fsp3) is 0.467. The summed E-state index contributed by atoms with van der Waals surface area (Å²) >= 11 is 3.20. The van der Waals surface area contributed by atoms with Crippen LogP contribution in [0.1, 0.15) is 33.1 Å². The van der Waals surface area contributed by atoms with E-state index < -0.39 is 0 Å². The van der Waals surface area contributed by atoms with Crippen LogP contribution in [-0.2, 0) is 6.42 Å². The number of benzene rings is 1. The molecule has 0 aliphatic rings. The summed E-state index contributed by atoms with van der Waals surface area (Å²) in [4.78, 5) is 0. The Balaban J connectivity index is 1.97. The number of hydrogen-bond acceptors (Lipinski definition) is 4. The third kappa shape index (κ3) is 4.61. The summed E-state index contributed by atoms with van der Waals surface area (Å²) < 4.78 is 19.4. The van der Waals surface area contributed by atoms with Crippen molar-refractivity contribution in [2.75, 3.05) is 6.54 Å². The van der Waals surface area contributed by atoms with Crippen LogP contribution < -0.4 is 5.32 Å². The van der Waals surface area contributed by atoms with Gasteiger partial charge in [0.1, 0.15) is 5.82 Å². The summed E-state index contributed by atoms with van der Waals surface area (Å²) in [6.45, 7) is 7.25. The van der Waals surface area contributed by atoms with Gasteiger partial charge in [-0.1, -0.05) is 6.07 Å². The maximum absolute atomic E-state index is 13.5. The number of nitrogens with zero attached hydrogens (tertiary/aromatic N) is 2. The highest BCUT2D eigenvalue weighted by Crippen LogP contribution is 2.29. The lowest BCUT2D eigenvalue weighted by Gasteiger charge is -2.19. The molecule has 0 aliphatic carbocycles. The quantitative estimate of drug-likeness (QED) is 0.824. The van der Waals surface area contributed by atoms with Crippen LogP contribution in [0.25, 0.3) is 11.5 Å². The van der Waals surface area contributed by atoms with Gasteiger partial charge in [-0.2, -0.15) is 0 Å². The van der Waals surface area contributed by atoms with E-state index in [1.165, 1.54) is 6.07 Å². The number of aromatic nitrogens is 2. The second kappa shape index (κ2) is 6.66. The smallest absolute Gasteiger partial charge is 0.248 e. The first-order valence-electron chi connectivity index (χ1n) is 6.88. The molecule has 0 atom stereocenters. The molecule has 114 valence electrons. The molecule has 0 saturated heterocycles. The minimum atomic E-state index is -0.346. The minimum absolute atomic E-state index is 0.104. The zero-order chi connectivity index (χ0) is 15.5. The molecule has 2 rings (SSSR count). The Kier molecular flexibility index (Phi) is 5.11. The highest BCUT2D eigenvalue weighted by molar-refractivity contribution is 9.10. The maximum Gasteiger partial charge on any atom is 0.248 e. The number of hydrogen-bond donors (Lipinski definition) is 1. The van der Waals surface area contributed by atoms with Crippen LogP contribution >= 0.6 is 15.9 Å². The van der Waals surface area contributed by atoms with Crippen molar-refractivity contribution in [2.45, 2.75) is 39.2 Å². The Morgan fingerprint density at radius 3 is 2.76 bits per heavy atom. The average Bonchev–Trinajstić information content (AvgIpc) is 2.85. The highest BCUT2D eigenvalue weighted by Gasteiger charge is 2.14. The Morgan fingerprint density at radius 1 is 1.29 bits per heavy atom. The van der Waals surface area contributed by atoms with Crippen LogP contribution in [0, 0.1) is 5.82 Å². The SMILES string of the molecule is CC(C)(C)NCCCc1nnc(-c2cccc(F)c2Br)o1. The summed E-state index contributed by atoms with van der Waals surface area (Å²) in [6, 6.07) is 4.74. The number of rotatable bonds is 5. The van der Waals surface area contributed by atoms with Crippen molar-refractivity contribution >= 4 is 15.9 Å². The lowest BCUT2D eigenvalue weighted by atomic mass is 10.1. The normalized spacial score (nSPS) is 11.9. The van der Waals surface area contributed by atoms with Crippen LogP contribution in [0.5, 0.6) is 0 Å². The monoisotopic (exact) mass is 355 g/mol. The van der Waals surface area contributed by atoms with Crippen molar-refractivity contribution < 1.29 is 8.81 Å². The Hall–Kier alpha value is -1.27. The highest BCUT2D eigenvalue weighted by atomic mass is 79.9. The molecule has 0 aliphatic heterocycles. The summed E-state index contributed by atoms with van der Waals surface area (Å²) in [5.74, 6) is 0.554. The predicted molar refractivity (Wildman–Crippen MR) is 83.5 cm³/mol. The van der Waals surface area contributed by atoms with Gasteiger partial charge in [0.05, 0.1) is 10.0 Å². The fourth-order valence-corrected chi connectivity index (χ4v) is 2.27. The number of aryl methyl sites for hydroxylation is 1. The van der Waals surface area contributed by atoms with Crippen molar-refractivity contribution in [3.05, 3.63) is 34.4 Å². The zero-order valence-corrected chi connectivity index (χ0v) is 14.0. The molecule has 1 heterocycles. The molecule has 0 fully saturated rings. The van der Waals surface area contributed by atoms with E-state index in [1.807, 2.05) is 0 Å². The first-order chi connectivity index (χ1) is 9.87. The van der Waals surface area contributed by atoms with E-state index in [9.17, 15) is 4.39 Å². The lowest BCUT2D eigenvalue weighted by Crippen LogP contribution is -2.36. The third-order valence-corrected chi connectivity index (χ3v) is 3.68. The summed E-state index contributed by atoms with van der Waals surface area (Å²) in [5.41, 5.74) is 0.674. The molecule has 0 saturated carbocycles. The topological polar surface area (TPSA) is 51.0 Å². The van der Waals surface area contributed by atoms with Gasteiger partial charge in [0, 0.05) is 12.0 Å². The van der Waals surface area contributed by atoms with Crippen LogP contribution in [0.4, 0.5) is 4.39 Å². The van der Waals surface area contributed by atoms with Gasteiger partial charge in [0.15, 0.2) is 0 Å². The molecule has 1 N–H and O–H groups in total. The summed E-state index contributed by atoms with van der Waals surface area (Å²) in [7, 11) is 0. The molecule has 1 aromatic carbocycles. The van der Waals surface area contributed by atoms with Crippen LogP contribution in [0.3, 0.4) is 0 Å². The molecular formula is C15H19BrFN3O. The lowest BCUT2D eigenvalue weighted by molar-refractivity contribution is 0.412. The van der Waals surface area contributed by atoms with Gasteiger partial charge in [-0.15, -0.1) is 10.2 Å². The molecular weight excluding hydrogens is 337 g/mol. The van der Waals surface area contributed by atoms with Gasteiger partial charge < -0.3 is 9.73 Å². The number of halogens is 2. The van der Waals surface area contributed by atoms with E-state index in [1.54, 1.807) is 12.1 Å². The van der Waals surface area contributed by atoms with Crippen LogP contribution in [0.2, 0.25) is 0 Å². The average molecular weight is 356 g/mol. The van der Waals surface area contributed by atoms with Crippen LogP contribution in [-0.4, -0.2) is 22.3 Å². The van der Waals surface area contributed by atoms with Gasteiger partial charge in [-0.25, -0.2) is 4.39 Å². The van der Waals surface area contributed by atoms with Gasteiger partial charge >= 0.3 is 0 Å². The second-order valence-electron chi connectivity index (χ2n) is 5.88. The van der Waals surface area contributed by atoms with Crippen molar-refractivity contribution in [3.63, 3.8) is 0 Å². The van der Waals surface area contributed by atoms with Gasteiger partial charge in [-0.3, -0.25) is 0 Å². The van der Waals surface area contributed by atoms with E-state index in [2.05, 4.69) is 52.2 Å². The standard InChI is InChI=1S/C15H19BrFN3O/c1-15(2,3)18-9-5-8-12-19-20-14(21-12)10-6-4-7-11(17)13(10)16/h4,6-7,18H,5,8-9H2,1-3H3. The molecule has 0 radical (unpaired) electrons. The summed E-state index contributed by atoms with van der Waals surface area (Å²) in [5, 5.41) is 11.4. The molecule has 2 aromatic rings. The zero-order valence-electron chi connectivity index (χ0n) is 12.4. The molecule has 0 unspecified atom stereocenters. The fourth-order valence-electron chi connectivity index (χ4n) is 1.84. The Morgan fingerprint density at radius 2 is 2.05 bits per heavy atom. The molecule has 6 heteroatoms. The molecule has 4 nitrogen and oxygen atoms in total. The van der Waals surface area contributed by atoms with Crippen molar-refractivity contribution in [1.82, 2.24) is 15.5 Å². The van der Waals surface area contributed by atoms with E-state index in [4.69, 9.17) is 4.42 Å². The van der Waals surface area contributed by atoms with Crippen molar-refractivity contribution in [2.24, 2.45) is 0 Å². The van der Waals surface area contributed by atoms with E-state index in [-0.39, 0.29) is 11.4 Å². The molecule has 0 amide bonds.